The van der Waals surface area contributed by atoms with E-state index in [9.17, 15) is 9.59 Å². The van der Waals surface area contributed by atoms with Crippen LogP contribution in [0.4, 0.5) is 0 Å². The average Bonchev–Trinajstić information content (AvgIpc) is 2.32. The number of nitrogens with two attached hydrogens (primary N) is 1. The third-order valence-corrected chi connectivity index (χ3v) is 3.25. The Kier molecular flexibility index (Phi) is 7.75. The summed E-state index contributed by atoms with van der Waals surface area (Å²) in [5.41, 5.74) is 5.89. The fraction of sp³-hybridized carbons (Fsp3) is 0.857. The maximum Gasteiger partial charge on any atom is 0.241 e. The Hall–Kier alpha value is -1.14. The minimum absolute atomic E-state index is 0.0616. The van der Waals surface area contributed by atoms with Gasteiger partial charge in [0.25, 0.3) is 0 Å². The van der Waals surface area contributed by atoms with E-state index in [1.54, 1.807) is 21.2 Å². The van der Waals surface area contributed by atoms with Crippen LogP contribution < -0.4 is 5.73 Å². The molecular weight excluding hydrogens is 258 g/mol. The lowest BCUT2D eigenvalue weighted by molar-refractivity contribution is -0.140. The topological polar surface area (TPSA) is 75.9 Å². The molecule has 2 N–H and O–H groups in total. The largest absolute Gasteiger partial charge is 0.383 e. The summed E-state index contributed by atoms with van der Waals surface area (Å²) in [6.07, 6.45) is 0.230. The Morgan fingerprint density at radius 3 is 2.15 bits per heavy atom. The molecule has 0 bridgehead atoms. The molecule has 0 aromatic rings. The first-order valence-electron chi connectivity index (χ1n) is 6.82. The van der Waals surface area contributed by atoms with Crippen LogP contribution >= 0.6 is 0 Å². The monoisotopic (exact) mass is 287 g/mol. The lowest BCUT2D eigenvalue weighted by Crippen LogP contribution is -2.46. The van der Waals surface area contributed by atoms with Gasteiger partial charge < -0.3 is 20.3 Å². The molecule has 0 spiro atoms. The van der Waals surface area contributed by atoms with Crippen LogP contribution in [0.3, 0.4) is 0 Å². The maximum atomic E-state index is 12.3. The van der Waals surface area contributed by atoms with E-state index in [2.05, 4.69) is 0 Å². The molecule has 6 nitrogen and oxygen atoms in total. The molecule has 1 unspecified atom stereocenters. The number of carbonyl (C=O) groups is 2. The van der Waals surface area contributed by atoms with E-state index in [-0.39, 0.29) is 36.2 Å². The molecule has 0 rings (SSSR count). The van der Waals surface area contributed by atoms with Crippen LogP contribution in [0.2, 0.25) is 0 Å². The molecule has 6 heteroatoms. The van der Waals surface area contributed by atoms with Gasteiger partial charge in [0.2, 0.25) is 11.8 Å². The van der Waals surface area contributed by atoms with Gasteiger partial charge in [-0.1, -0.05) is 20.8 Å². The summed E-state index contributed by atoms with van der Waals surface area (Å²) in [5, 5.41) is 0. The summed E-state index contributed by atoms with van der Waals surface area (Å²) >= 11 is 0. The van der Waals surface area contributed by atoms with Gasteiger partial charge in [-0.05, 0) is 5.41 Å². The van der Waals surface area contributed by atoms with Crippen LogP contribution in [0.5, 0.6) is 0 Å². The van der Waals surface area contributed by atoms with Gasteiger partial charge in [0, 0.05) is 40.2 Å². The molecule has 0 saturated carbocycles. The predicted molar refractivity (Wildman–Crippen MR) is 79.2 cm³/mol. The zero-order valence-electron chi connectivity index (χ0n) is 13.6. The molecule has 0 heterocycles. The molecule has 0 aliphatic heterocycles. The molecule has 1 atom stereocenters. The Labute approximate surface area is 122 Å². The van der Waals surface area contributed by atoms with Gasteiger partial charge in [-0.2, -0.15) is 0 Å². The molecule has 0 aliphatic carbocycles. The van der Waals surface area contributed by atoms with Crippen molar-refractivity contribution >= 4 is 11.8 Å². The highest BCUT2D eigenvalue weighted by Gasteiger charge is 2.26. The van der Waals surface area contributed by atoms with Gasteiger partial charge in [0.1, 0.15) is 0 Å². The van der Waals surface area contributed by atoms with Crippen molar-refractivity contribution in [2.24, 2.45) is 11.1 Å². The second kappa shape index (κ2) is 8.21. The number of rotatable bonds is 7. The minimum atomic E-state index is -0.241. The summed E-state index contributed by atoms with van der Waals surface area (Å²) in [5.74, 6) is -0.224. The predicted octanol–water partition coefficient (Wildman–Crippen LogP) is 0.313. The third-order valence-electron chi connectivity index (χ3n) is 3.25. The maximum absolute atomic E-state index is 12.3. The smallest absolute Gasteiger partial charge is 0.241 e. The SMILES string of the molecule is COCCN(CC(=O)N(C)C)C(=O)CC(N)C(C)(C)C. The van der Waals surface area contributed by atoms with E-state index in [1.165, 1.54) is 9.80 Å². The molecule has 0 fully saturated rings. The summed E-state index contributed by atoms with van der Waals surface area (Å²) in [6, 6.07) is -0.241. The van der Waals surface area contributed by atoms with Gasteiger partial charge in [0.05, 0.1) is 13.2 Å². The highest BCUT2D eigenvalue weighted by molar-refractivity contribution is 5.84. The zero-order valence-corrected chi connectivity index (χ0v) is 13.6. The third kappa shape index (κ3) is 6.86. The van der Waals surface area contributed by atoms with E-state index in [0.29, 0.717) is 13.2 Å². The van der Waals surface area contributed by atoms with Crippen LogP contribution in [0, 0.1) is 5.41 Å². The molecule has 118 valence electrons. The minimum Gasteiger partial charge on any atom is -0.383 e. The van der Waals surface area contributed by atoms with Gasteiger partial charge >= 0.3 is 0 Å². The van der Waals surface area contributed by atoms with E-state index < -0.39 is 0 Å². The van der Waals surface area contributed by atoms with Crippen molar-refractivity contribution in [2.45, 2.75) is 33.2 Å². The first kappa shape index (κ1) is 18.9. The second-order valence-corrected chi connectivity index (χ2v) is 6.27. The van der Waals surface area contributed by atoms with Crippen molar-refractivity contribution in [3.8, 4) is 0 Å². The number of amides is 2. The first-order chi connectivity index (χ1) is 9.09. The molecule has 20 heavy (non-hydrogen) atoms. The molecular formula is C14H29N3O3. The second-order valence-electron chi connectivity index (χ2n) is 6.27. The van der Waals surface area contributed by atoms with Crippen LogP contribution in [-0.2, 0) is 14.3 Å². The van der Waals surface area contributed by atoms with E-state index in [1.807, 2.05) is 20.8 Å². The highest BCUT2D eigenvalue weighted by Crippen LogP contribution is 2.20. The molecule has 0 aromatic heterocycles. The fourth-order valence-electron chi connectivity index (χ4n) is 1.42. The summed E-state index contributed by atoms with van der Waals surface area (Å²) in [4.78, 5) is 27.0. The van der Waals surface area contributed by atoms with Crippen LogP contribution in [-0.4, -0.2) is 68.6 Å². The molecule has 0 aromatic carbocycles. The number of hydrogen-bond acceptors (Lipinski definition) is 4. The molecule has 0 radical (unpaired) electrons. The zero-order chi connectivity index (χ0) is 15.9. The van der Waals surface area contributed by atoms with Gasteiger partial charge in [0.15, 0.2) is 0 Å². The average molecular weight is 287 g/mol. The Morgan fingerprint density at radius 2 is 1.75 bits per heavy atom. The number of hydrogen-bond donors (Lipinski definition) is 1. The Balaban J connectivity index is 4.68. The quantitative estimate of drug-likeness (QED) is 0.731. The molecule has 0 saturated heterocycles. The normalized spacial score (nSPS) is 12.9. The molecule has 0 aliphatic rings. The van der Waals surface area contributed by atoms with Crippen molar-refractivity contribution < 1.29 is 14.3 Å². The van der Waals surface area contributed by atoms with Crippen LogP contribution in [0.1, 0.15) is 27.2 Å². The summed E-state index contributed by atoms with van der Waals surface area (Å²) in [7, 11) is 4.90. The van der Waals surface area contributed by atoms with Gasteiger partial charge in [-0.3, -0.25) is 9.59 Å². The molecule has 2 amide bonds. The highest BCUT2D eigenvalue weighted by atomic mass is 16.5. The van der Waals surface area contributed by atoms with Crippen molar-refractivity contribution in [3.05, 3.63) is 0 Å². The number of ether oxygens (including phenoxy) is 1. The number of nitrogens with zero attached hydrogens (tertiary/aromatic N) is 2. The van der Waals surface area contributed by atoms with Crippen molar-refractivity contribution in [1.82, 2.24) is 9.80 Å². The number of likely N-dealkylation sites (N-methyl/N-ethyl adjacent to an activating group) is 1. The van der Waals surface area contributed by atoms with Crippen LogP contribution in [0.15, 0.2) is 0 Å². The summed E-state index contributed by atoms with van der Waals surface area (Å²) < 4.78 is 4.99. The summed E-state index contributed by atoms with van der Waals surface area (Å²) in [6.45, 7) is 6.84. The van der Waals surface area contributed by atoms with Gasteiger partial charge in [-0.25, -0.2) is 0 Å². The van der Waals surface area contributed by atoms with E-state index in [4.69, 9.17) is 10.5 Å². The lowest BCUT2D eigenvalue weighted by atomic mass is 9.85. The van der Waals surface area contributed by atoms with Crippen LogP contribution in [0.25, 0.3) is 0 Å². The number of methoxy groups -OCH3 is 1. The fourth-order valence-corrected chi connectivity index (χ4v) is 1.42. The van der Waals surface area contributed by atoms with E-state index >= 15 is 0 Å². The standard InChI is InChI=1S/C14H29N3O3/c1-14(2,3)11(15)9-12(18)17(7-8-20-6)10-13(19)16(4)5/h11H,7-10,15H2,1-6H3. The van der Waals surface area contributed by atoms with Crippen molar-refractivity contribution in [1.29, 1.82) is 0 Å². The van der Waals surface area contributed by atoms with Crippen molar-refractivity contribution in [2.75, 3.05) is 40.9 Å². The Bertz CT molecular complexity index is 324. The number of carbonyl (C=O) groups excluding carboxylic acids is 2. The Morgan fingerprint density at radius 1 is 1.20 bits per heavy atom. The van der Waals surface area contributed by atoms with E-state index in [0.717, 1.165) is 0 Å². The van der Waals surface area contributed by atoms with Crippen molar-refractivity contribution in [3.63, 3.8) is 0 Å². The van der Waals surface area contributed by atoms with Gasteiger partial charge in [-0.15, -0.1) is 0 Å². The lowest BCUT2D eigenvalue weighted by Gasteiger charge is -2.30. The first-order valence-corrected chi connectivity index (χ1v) is 6.82.